The van der Waals surface area contributed by atoms with E-state index in [-0.39, 0.29) is 5.82 Å². The summed E-state index contributed by atoms with van der Waals surface area (Å²) in [5.41, 5.74) is 2.45. The van der Waals surface area contributed by atoms with E-state index in [0.29, 0.717) is 12.4 Å². The maximum absolute atomic E-state index is 13.3. The summed E-state index contributed by atoms with van der Waals surface area (Å²) in [6, 6.07) is 4.62. The topological polar surface area (TPSA) is 47.0 Å². The van der Waals surface area contributed by atoms with Gasteiger partial charge in [-0.05, 0) is 60.2 Å². The fraction of sp³-hybridized carbons (Fsp3) is 0.333. The van der Waals surface area contributed by atoms with Gasteiger partial charge in [-0.25, -0.2) is 14.4 Å². The van der Waals surface area contributed by atoms with Crippen LogP contribution >= 0.6 is 22.6 Å². The number of methoxy groups -OCH3 is 1. The Kier molecular flexibility index (Phi) is 5.46. The molecule has 21 heavy (non-hydrogen) atoms. The first-order chi connectivity index (χ1) is 10.1. The second-order valence-corrected chi connectivity index (χ2v) is 5.66. The van der Waals surface area contributed by atoms with E-state index in [0.717, 1.165) is 32.8 Å². The lowest BCUT2D eigenvalue weighted by atomic mass is 10.1. The number of benzene rings is 1. The van der Waals surface area contributed by atoms with Crippen molar-refractivity contribution < 1.29 is 9.13 Å². The number of rotatable bonds is 5. The van der Waals surface area contributed by atoms with Gasteiger partial charge in [0.2, 0.25) is 0 Å². The van der Waals surface area contributed by atoms with Crippen molar-refractivity contribution in [3.05, 3.63) is 38.8 Å². The first-order valence-electron chi connectivity index (χ1n) is 6.62. The van der Waals surface area contributed by atoms with Gasteiger partial charge in [0.25, 0.3) is 0 Å². The highest BCUT2D eigenvalue weighted by Crippen LogP contribution is 2.26. The number of hydrogen-bond donors (Lipinski definition) is 1. The number of nitrogens with zero attached hydrogens (tertiary/aromatic N) is 2. The summed E-state index contributed by atoms with van der Waals surface area (Å²) in [6.07, 6.45) is 0. The second kappa shape index (κ2) is 7.13. The van der Waals surface area contributed by atoms with Gasteiger partial charge in [0.15, 0.2) is 5.82 Å². The molecule has 1 aromatic carbocycles. The molecule has 4 nitrogen and oxygen atoms in total. The lowest BCUT2D eigenvalue weighted by Gasteiger charge is -2.13. The molecule has 0 unspecified atom stereocenters. The normalized spacial score (nSPS) is 10.7. The molecule has 0 saturated heterocycles. The highest BCUT2D eigenvalue weighted by atomic mass is 127. The smallest absolute Gasteiger partial charge is 0.162 e. The van der Waals surface area contributed by atoms with Crippen LogP contribution in [0, 0.1) is 16.3 Å². The first kappa shape index (κ1) is 16.1. The molecule has 0 spiro atoms. The Bertz CT molecular complexity index is 622. The van der Waals surface area contributed by atoms with E-state index in [1.807, 2.05) is 13.8 Å². The SMILES string of the molecule is CCNc1nc(-c2ccc(F)cc2C)nc(COC)c1I. The van der Waals surface area contributed by atoms with Gasteiger partial charge in [0.1, 0.15) is 11.6 Å². The molecule has 6 heteroatoms. The van der Waals surface area contributed by atoms with Crippen LogP contribution in [0.1, 0.15) is 18.2 Å². The van der Waals surface area contributed by atoms with Gasteiger partial charge >= 0.3 is 0 Å². The van der Waals surface area contributed by atoms with Crippen LogP contribution in [0.4, 0.5) is 10.2 Å². The zero-order valence-electron chi connectivity index (χ0n) is 12.2. The van der Waals surface area contributed by atoms with Crippen molar-refractivity contribution in [1.82, 2.24) is 9.97 Å². The largest absolute Gasteiger partial charge is 0.378 e. The van der Waals surface area contributed by atoms with Gasteiger partial charge in [-0.2, -0.15) is 0 Å². The Balaban J connectivity index is 2.56. The molecule has 1 aromatic heterocycles. The molecule has 2 rings (SSSR count). The van der Waals surface area contributed by atoms with Crippen molar-refractivity contribution >= 4 is 28.4 Å². The minimum absolute atomic E-state index is 0.259. The molecule has 112 valence electrons. The van der Waals surface area contributed by atoms with Crippen LogP contribution in [0.3, 0.4) is 0 Å². The molecule has 0 amide bonds. The predicted molar refractivity (Wildman–Crippen MR) is 89.8 cm³/mol. The third-order valence-corrected chi connectivity index (χ3v) is 4.11. The number of anilines is 1. The van der Waals surface area contributed by atoms with Crippen LogP contribution < -0.4 is 5.32 Å². The number of halogens is 2. The van der Waals surface area contributed by atoms with Crippen molar-refractivity contribution in [2.45, 2.75) is 20.5 Å². The van der Waals surface area contributed by atoms with Crippen LogP contribution in [-0.4, -0.2) is 23.6 Å². The van der Waals surface area contributed by atoms with Gasteiger partial charge in [-0.15, -0.1) is 0 Å². The van der Waals surface area contributed by atoms with E-state index in [1.165, 1.54) is 12.1 Å². The maximum atomic E-state index is 13.3. The summed E-state index contributed by atoms with van der Waals surface area (Å²) in [5.74, 6) is 1.10. The number of nitrogens with one attached hydrogen (secondary N) is 1. The summed E-state index contributed by atoms with van der Waals surface area (Å²) in [6.45, 7) is 5.04. The average Bonchev–Trinajstić information content (AvgIpc) is 2.43. The Hall–Kier alpha value is -1.28. The summed E-state index contributed by atoms with van der Waals surface area (Å²) in [5, 5.41) is 3.23. The molecular formula is C15H17FIN3O. The Morgan fingerprint density at radius 1 is 1.33 bits per heavy atom. The highest BCUT2D eigenvalue weighted by Gasteiger charge is 2.14. The first-order valence-corrected chi connectivity index (χ1v) is 7.70. The van der Waals surface area contributed by atoms with Crippen LogP contribution in [-0.2, 0) is 11.3 Å². The molecule has 0 aliphatic carbocycles. The van der Waals surface area contributed by atoms with Gasteiger partial charge in [-0.3, -0.25) is 0 Å². The van der Waals surface area contributed by atoms with Crippen LogP contribution in [0.15, 0.2) is 18.2 Å². The molecule has 0 aliphatic rings. The Labute approximate surface area is 137 Å². The lowest BCUT2D eigenvalue weighted by molar-refractivity contribution is 0.181. The Morgan fingerprint density at radius 3 is 2.71 bits per heavy atom. The predicted octanol–water partition coefficient (Wildman–Crippen LogP) is 3.77. The molecule has 0 bridgehead atoms. The third-order valence-electron chi connectivity index (χ3n) is 2.97. The van der Waals surface area contributed by atoms with Gasteiger partial charge in [-0.1, -0.05) is 0 Å². The number of aromatic nitrogens is 2. The van der Waals surface area contributed by atoms with E-state index >= 15 is 0 Å². The maximum Gasteiger partial charge on any atom is 0.162 e. The van der Waals surface area contributed by atoms with Gasteiger partial charge in [0.05, 0.1) is 15.9 Å². The average molecular weight is 401 g/mol. The number of aryl methyl sites for hydroxylation is 1. The van der Waals surface area contributed by atoms with Crippen molar-refractivity contribution in [3.8, 4) is 11.4 Å². The summed E-state index contributed by atoms with van der Waals surface area (Å²) in [7, 11) is 1.63. The van der Waals surface area contributed by atoms with E-state index < -0.39 is 0 Å². The molecule has 0 radical (unpaired) electrons. The molecule has 2 aromatic rings. The molecule has 1 N–H and O–H groups in total. The van der Waals surface area contributed by atoms with Crippen LogP contribution in [0.25, 0.3) is 11.4 Å². The van der Waals surface area contributed by atoms with E-state index in [2.05, 4.69) is 37.9 Å². The van der Waals surface area contributed by atoms with E-state index in [1.54, 1.807) is 13.2 Å². The molecule has 0 saturated carbocycles. The fourth-order valence-electron chi connectivity index (χ4n) is 2.01. The quantitative estimate of drug-likeness (QED) is 0.775. The highest BCUT2D eigenvalue weighted by molar-refractivity contribution is 14.1. The minimum Gasteiger partial charge on any atom is -0.378 e. The summed E-state index contributed by atoms with van der Waals surface area (Å²) in [4.78, 5) is 9.12. The Morgan fingerprint density at radius 2 is 2.10 bits per heavy atom. The van der Waals surface area contributed by atoms with Gasteiger partial charge < -0.3 is 10.1 Å². The molecule has 0 fully saturated rings. The van der Waals surface area contributed by atoms with E-state index in [4.69, 9.17) is 4.74 Å². The van der Waals surface area contributed by atoms with Crippen molar-refractivity contribution in [2.75, 3.05) is 19.0 Å². The van der Waals surface area contributed by atoms with Crippen molar-refractivity contribution in [1.29, 1.82) is 0 Å². The third kappa shape index (κ3) is 3.68. The van der Waals surface area contributed by atoms with Gasteiger partial charge in [0, 0.05) is 19.2 Å². The van der Waals surface area contributed by atoms with Crippen molar-refractivity contribution in [3.63, 3.8) is 0 Å². The fourth-order valence-corrected chi connectivity index (χ4v) is 2.60. The monoisotopic (exact) mass is 401 g/mol. The zero-order chi connectivity index (χ0) is 15.4. The molecule has 0 aliphatic heterocycles. The van der Waals surface area contributed by atoms with Crippen LogP contribution in [0.5, 0.6) is 0 Å². The lowest BCUT2D eigenvalue weighted by Crippen LogP contribution is -2.09. The number of hydrogen-bond acceptors (Lipinski definition) is 4. The van der Waals surface area contributed by atoms with E-state index in [9.17, 15) is 4.39 Å². The van der Waals surface area contributed by atoms with Crippen LogP contribution in [0.2, 0.25) is 0 Å². The minimum atomic E-state index is -0.259. The molecule has 0 atom stereocenters. The van der Waals surface area contributed by atoms with Crippen molar-refractivity contribution in [2.24, 2.45) is 0 Å². The molecule has 1 heterocycles. The zero-order valence-corrected chi connectivity index (χ0v) is 14.4. The standard InChI is InChI=1S/C15H17FIN3O/c1-4-18-15-13(17)12(8-21-3)19-14(20-15)11-6-5-10(16)7-9(11)2/h5-7H,4,8H2,1-3H3,(H,18,19,20). The second-order valence-electron chi connectivity index (χ2n) is 4.58. The summed E-state index contributed by atoms with van der Waals surface area (Å²) < 4.78 is 19.4. The number of ether oxygens (including phenoxy) is 1. The molecular weight excluding hydrogens is 384 g/mol. The summed E-state index contributed by atoms with van der Waals surface area (Å²) >= 11 is 2.21.